The van der Waals surface area contributed by atoms with Crippen molar-refractivity contribution in [1.29, 1.82) is 0 Å². The number of hydrogen-bond acceptors (Lipinski definition) is 4. The molecule has 0 unspecified atom stereocenters. The molecule has 0 bridgehead atoms. The number of halogens is 3. The smallest absolute Gasteiger partial charge is 0.371 e. The molecule has 0 radical (unpaired) electrons. The van der Waals surface area contributed by atoms with Gasteiger partial charge in [0.25, 0.3) is 10.0 Å². The van der Waals surface area contributed by atoms with Crippen molar-refractivity contribution >= 4 is 49.2 Å². The zero-order chi connectivity index (χ0) is 15.8. The standard InChI is InChI=1S/C11H6BrClFNO5S/c12-10-9(4-8(20-10)11(16)17)21(18,19)15-5-1-2-6(13)7(14)3-5/h1-4,15H,(H,16,17). The van der Waals surface area contributed by atoms with E-state index in [4.69, 9.17) is 21.1 Å². The first-order valence-corrected chi connectivity index (χ1v) is 7.86. The predicted molar refractivity (Wildman–Crippen MR) is 75.6 cm³/mol. The van der Waals surface area contributed by atoms with E-state index in [-0.39, 0.29) is 15.4 Å². The maximum absolute atomic E-state index is 13.3. The highest BCUT2D eigenvalue weighted by molar-refractivity contribution is 9.10. The third-order valence-corrected chi connectivity index (χ3v) is 4.87. The molecule has 21 heavy (non-hydrogen) atoms. The van der Waals surface area contributed by atoms with E-state index < -0.39 is 32.5 Å². The Balaban J connectivity index is 2.38. The largest absolute Gasteiger partial charge is 0.475 e. The summed E-state index contributed by atoms with van der Waals surface area (Å²) in [6, 6.07) is 4.17. The Bertz CT molecular complexity index is 820. The number of anilines is 1. The highest BCUT2D eigenvalue weighted by Gasteiger charge is 2.25. The van der Waals surface area contributed by atoms with Gasteiger partial charge in [-0.1, -0.05) is 11.6 Å². The van der Waals surface area contributed by atoms with Gasteiger partial charge in [-0.2, -0.15) is 0 Å². The van der Waals surface area contributed by atoms with Gasteiger partial charge in [0.2, 0.25) is 5.76 Å². The van der Waals surface area contributed by atoms with Crippen LogP contribution < -0.4 is 4.72 Å². The topological polar surface area (TPSA) is 96.6 Å². The number of carbonyl (C=O) groups is 1. The summed E-state index contributed by atoms with van der Waals surface area (Å²) < 4.78 is 44.0. The molecule has 0 aliphatic carbocycles. The van der Waals surface area contributed by atoms with E-state index >= 15 is 0 Å². The third-order valence-electron chi connectivity index (χ3n) is 2.33. The van der Waals surface area contributed by atoms with Gasteiger partial charge in [-0.15, -0.1) is 0 Å². The van der Waals surface area contributed by atoms with Crippen molar-refractivity contribution in [2.45, 2.75) is 4.90 Å². The molecule has 2 N–H and O–H groups in total. The van der Waals surface area contributed by atoms with Gasteiger partial charge < -0.3 is 9.52 Å². The molecule has 0 atom stereocenters. The second-order valence-corrected chi connectivity index (χ2v) is 6.57. The van der Waals surface area contributed by atoms with Crippen molar-refractivity contribution in [3.63, 3.8) is 0 Å². The summed E-state index contributed by atoms with van der Waals surface area (Å²) in [4.78, 5) is 10.3. The number of hydrogen-bond donors (Lipinski definition) is 2. The molecule has 0 fully saturated rings. The molecule has 0 aliphatic rings. The van der Waals surface area contributed by atoms with Gasteiger partial charge in [-0.25, -0.2) is 17.6 Å². The number of aromatic carboxylic acids is 1. The molecular formula is C11H6BrClFNO5S. The average molecular weight is 399 g/mol. The van der Waals surface area contributed by atoms with Gasteiger partial charge in [0.15, 0.2) is 4.67 Å². The molecule has 10 heteroatoms. The summed E-state index contributed by atoms with van der Waals surface area (Å²) >= 11 is 8.31. The highest BCUT2D eigenvalue weighted by Crippen LogP contribution is 2.28. The molecule has 0 saturated heterocycles. The summed E-state index contributed by atoms with van der Waals surface area (Å²) in [5.41, 5.74) is -0.0677. The lowest BCUT2D eigenvalue weighted by atomic mass is 10.3. The number of rotatable bonds is 4. The number of carboxylic acids is 1. The maximum atomic E-state index is 13.3. The second-order valence-electron chi connectivity index (χ2n) is 3.79. The SMILES string of the molecule is O=C(O)c1cc(S(=O)(=O)Nc2ccc(Cl)c(F)c2)c(Br)o1. The molecular weight excluding hydrogens is 393 g/mol. The normalized spacial score (nSPS) is 11.4. The second kappa shape index (κ2) is 5.66. The molecule has 2 rings (SSSR count). The van der Waals surface area contributed by atoms with Crippen molar-refractivity contribution in [1.82, 2.24) is 0 Å². The van der Waals surface area contributed by atoms with Gasteiger partial charge in [0, 0.05) is 6.07 Å². The number of benzene rings is 1. The zero-order valence-corrected chi connectivity index (χ0v) is 13.1. The lowest BCUT2D eigenvalue weighted by molar-refractivity contribution is 0.0661. The van der Waals surface area contributed by atoms with Crippen molar-refractivity contribution in [3.8, 4) is 0 Å². The maximum Gasteiger partial charge on any atom is 0.371 e. The van der Waals surface area contributed by atoms with Crippen LogP contribution >= 0.6 is 27.5 Å². The Kier molecular flexibility index (Phi) is 4.26. The van der Waals surface area contributed by atoms with Crippen LogP contribution in [0.5, 0.6) is 0 Å². The van der Waals surface area contributed by atoms with Crippen LogP contribution in [0, 0.1) is 5.82 Å². The van der Waals surface area contributed by atoms with Gasteiger partial charge in [-0.3, -0.25) is 4.72 Å². The lowest BCUT2D eigenvalue weighted by Crippen LogP contribution is -2.12. The Morgan fingerprint density at radius 1 is 1.38 bits per heavy atom. The summed E-state index contributed by atoms with van der Waals surface area (Å²) in [7, 11) is -4.15. The average Bonchev–Trinajstić information content (AvgIpc) is 2.77. The van der Waals surface area contributed by atoms with Crippen LogP contribution in [0.2, 0.25) is 5.02 Å². The molecule has 2 aromatic rings. The first kappa shape index (κ1) is 15.8. The predicted octanol–water partition coefficient (Wildman–Crippen LogP) is 3.33. The summed E-state index contributed by atoms with van der Waals surface area (Å²) in [5, 5.41) is 8.59. The Morgan fingerprint density at radius 2 is 2.05 bits per heavy atom. The molecule has 6 nitrogen and oxygen atoms in total. The number of nitrogens with one attached hydrogen (secondary N) is 1. The van der Waals surface area contributed by atoms with E-state index in [1.807, 2.05) is 0 Å². The Morgan fingerprint density at radius 3 is 2.57 bits per heavy atom. The van der Waals surface area contributed by atoms with Crippen LogP contribution in [0.25, 0.3) is 0 Å². The fraction of sp³-hybridized carbons (Fsp3) is 0. The van der Waals surface area contributed by atoms with Crippen LogP contribution in [0.15, 0.2) is 38.2 Å². The van der Waals surface area contributed by atoms with Gasteiger partial charge >= 0.3 is 5.97 Å². The van der Waals surface area contributed by atoms with E-state index in [9.17, 15) is 17.6 Å². The summed E-state index contributed by atoms with van der Waals surface area (Å²) in [6.07, 6.45) is 0. The fourth-order valence-corrected chi connectivity index (χ4v) is 3.52. The van der Waals surface area contributed by atoms with Crippen molar-refractivity contribution in [3.05, 3.63) is 45.5 Å². The van der Waals surface area contributed by atoms with Crippen LogP contribution in [0.3, 0.4) is 0 Å². The molecule has 0 saturated carbocycles. The quantitative estimate of drug-likeness (QED) is 0.823. The fourth-order valence-electron chi connectivity index (χ4n) is 1.41. The summed E-state index contributed by atoms with van der Waals surface area (Å²) in [5.74, 6) is -2.77. The zero-order valence-electron chi connectivity index (χ0n) is 9.93. The van der Waals surface area contributed by atoms with Gasteiger partial charge in [-0.05, 0) is 34.1 Å². The van der Waals surface area contributed by atoms with Crippen LogP contribution in [0.4, 0.5) is 10.1 Å². The monoisotopic (exact) mass is 397 g/mol. The molecule has 0 amide bonds. The first-order valence-electron chi connectivity index (χ1n) is 5.21. The molecule has 1 heterocycles. The van der Waals surface area contributed by atoms with Crippen molar-refractivity contribution in [2.75, 3.05) is 4.72 Å². The molecule has 0 spiro atoms. The van der Waals surface area contributed by atoms with Crippen LogP contribution in [-0.2, 0) is 10.0 Å². The van der Waals surface area contributed by atoms with E-state index in [0.29, 0.717) is 0 Å². The first-order chi connectivity index (χ1) is 9.70. The van der Waals surface area contributed by atoms with E-state index in [1.54, 1.807) is 0 Å². The lowest BCUT2D eigenvalue weighted by Gasteiger charge is -2.07. The van der Waals surface area contributed by atoms with Crippen molar-refractivity contribution < 1.29 is 27.1 Å². The number of furan rings is 1. The number of carboxylic acid groups (broad SMARTS) is 1. The molecule has 1 aromatic heterocycles. The minimum Gasteiger partial charge on any atom is -0.475 e. The van der Waals surface area contributed by atoms with E-state index in [1.165, 1.54) is 12.1 Å². The Hall–Kier alpha value is -1.58. The Labute approximate surface area is 131 Å². The van der Waals surface area contributed by atoms with Crippen LogP contribution in [-0.4, -0.2) is 19.5 Å². The van der Waals surface area contributed by atoms with E-state index in [0.717, 1.165) is 12.1 Å². The minimum atomic E-state index is -4.15. The molecule has 1 aromatic carbocycles. The highest BCUT2D eigenvalue weighted by atomic mass is 79.9. The number of sulfonamides is 1. The minimum absolute atomic E-state index is 0.0677. The van der Waals surface area contributed by atoms with Gasteiger partial charge in [0.05, 0.1) is 10.7 Å². The molecule has 0 aliphatic heterocycles. The van der Waals surface area contributed by atoms with Crippen LogP contribution in [0.1, 0.15) is 10.6 Å². The van der Waals surface area contributed by atoms with E-state index in [2.05, 4.69) is 20.7 Å². The third kappa shape index (κ3) is 3.36. The summed E-state index contributed by atoms with van der Waals surface area (Å²) in [6.45, 7) is 0. The van der Waals surface area contributed by atoms with Crippen molar-refractivity contribution in [2.24, 2.45) is 0 Å². The molecule has 112 valence electrons. The van der Waals surface area contributed by atoms with Gasteiger partial charge in [0.1, 0.15) is 10.7 Å².